The summed E-state index contributed by atoms with van der Waals surface area (Å²) in [6, 6.07) is 8.73. The van der Waals surface area contributed by atoms with E-state index in [9.17, 15) is 9.59 Å². The Morgan fingerprint density at radius 2 is 2.00 bits per heavy atom. The number of rotatable bonds is 4. The van der Waals surface area contributed by atoms with Crippen LogP contribution in [0.2, 0.25) is 0 Å². The van der Waals surface area contributed by atoms with Crippen molar-refractivity contribution in [1.29, 1.82) is 0 Å². The predicted octanol–water partition coefficient (Wildman–Crippen LogP) is 3.41. The van der Waals surface area contributed by atoms with Crippen molar-refractivity contribution in [3.63, 3.8) is 0 Å². The molecule has 6 nitrogen and oxygen atoms in total. The minimum atomic E-state index is -0.236. The Morgan fingerprint density at radius 3 is 2.65 bits per heavy atom. The van der Waals surface area contributed by atoms with E-state index in [-0.39, 0.29) is 11.8 Å². The van der Waals surface area contributed by atoms with Crippen LogP contribution in [-0.2, 0) is 7.05 Å². The maximum Gasteiger partial charge on any atom is 0.272 e. The molecule has 0 saturated carbocycles. The van der Waals surface area contributed by atoms with E-state index < -0.39 is 0 Å². The fraction of sp³-hybridized carbons (Fsp3) is 0.211. The third kappa shape index (κ3) is 3.67. The Hall–Kier alpha value is -2.93. The molecule has 26 heavy (non-hydrogen) atoms. The Balaban J connectivity index is 1.82. The van der Waals surface area contributed by atoms with Gasteiger partial charge < -0.3 is 14.8 Å². The molecule has 0 unspecified atom stereocenters. The van der Waals surface area contributed by atoms with Crippen LogP contribution in [-0.4, -0.2) is 40.4 Å². The summed E-state index contributed by atoms with van der Waals surface area (Å²) in [6.07, 6.45) is 1.88. The quantitative estimate of drug-likeness (QED) is 0.767. The van der Waals surface area contributed by atoms with Crippen molar-refractivity contribution in [2.75, 3.05) is 19.4 Å². The zero-order valence-corrected chi connectivity index (χ0v) is 15.9. The second kappa shape index (κ2) is 7.13. The van der Waals surface area contributed by atoms with Crippen molar-refractivity contribution in [3.05, 3.63) is 58.2 Å². The molecule has 0 bridgehead atoms. The van der Waals surface area contributed by atoms with Crippen LogP contribution in [0.15, 0.2) is 41.9 Å². The van der Waals surface area contributed by atoms with E-state index in [0.29, 0.717) is 16.9 Å². The first kappa shape index (κ1) is 17.9. The number of benzene rings is 1. The first-order valence-corrected chi connectivity index (χ1v) is 8.95. The Bertz CT molecular complexity index is 972. The van der Waals surface area contributed by atoms with E-state index in [1.54, 1.807) is 54.3 Å². The highest BCUT2D eigenvalue weighted by atomic mass is 32.1. The molecule has 0 aliphatic heterocycles. The number of hydrogen-bond acceptors (Lipinski definition) is 4. The molecular weight excluding hydrogens is 348 g/mol. The van der Waals surface area contributed by atoms with Gasteiger partial charge >= 0.3 is 0 Å². The van der Waals surface area contributed by atoms with Gasteiger partial charge in [0.25, 0.3) is 11.8 Å². The molecule has 2 heterocycles. The standard InChI is InChI=1S/C19H20N4O2S/c1-12-20-16(11-26-12)14-9-17(23(4)10-14)18(24)21-15-7-5-6-13(8-15)19(25)22(2)3/h5-11H,1-4H3,(H,21,24). The van der Waals surface area contributed by atoms with Crippen LogP contribution < -0.4 is 5.32 Å². The second-order valence-corrected chi connectivity index (χ2v) is 7.27. The number of nitrogens with zero attached hydrogens (tertiary/aromatic N) is 3. The SMILES string of the molecule is Cc1nc(-c2cc(C(=O)Nc3cccc(C(=O)N(C)C)c3)n(C)c2)cs1. The van der Waals surface area contributed by atoms with Crippen molar-refractivity contribution in [3.8, 4) is 11.3 Å². The fourth-order valence-corrected chi connectivity index (χ4v) is 3.23. The zero-order chi connectivity index (χ0) is 18.8. The lowest BCUT2D eigenvalue weighted by molar-refractivity contribution is 0.0827. The molecule has 0 aliphatic rings. The van der Waals surface area contributed by atoms with E-state index in [1.165, 1.54) is 4.90 Å². The molecule has 0 spiro atoms. The summed E-state index contributed by atoms with van der Waals surface area (Å²) in [6.45, 7) is 1.95. The second-order valence-electron chi connectivity index (χ2n) is 6.21. The van der Waals surface area contributed by atoms with Gasteiger partial charge in [-0.3, -0.25) is 9.59 Å². The van der Waals surface area contributed by atoms with Gasteiger partial charge in [-0.2, -0.15) is 0 Å². The highest BCUT2D eigenvalue weighted by Gasteiger charge is 2.15. The third-order valence-corrected chi connectivity index (χ3v) is 4.70. The molecule has 1 N–H and O–H groups in total. The van der Waals surface area contributed by atoms with E-state index in [1.807, 2.05) is 31.6 Å². The number of amides is 2. The van der Waals surface area contributed by atoms with Gasteiger partial charge in [-0.25, -0.2) is 4.98 Å². The van der Waals surface area contributed by atoms with Gasteiger partial charge in [0.05, 0.1) is 10.7 Å². The van der Waals surface area contributed by atoms with Gasteiger partial charge in [0.2, 0.25) is 0 Å². The van der Waals surface area contributed by atoms with E-state index in [4.69, 9.17) is 0 Å². The van der Waals surface area contributed by atoms with Gasteiger partial charge in [0, 0.05) is 49.5 Å². The molecule has 0 radical (unpaired) electrons. The Kier molecular flexibility index (Phi) is 4.90. The molecule has 134 valence electrons. The van der Waals surface area contributed by atoms with Crippen molar-refractivity contribution < 1.29 is 9.59 Å². The highest BCUT2D eigenvalue weighted by Crippen LogP contribution is 2.24. The number of thiazole rings is 1. The summed E-state index contributed by atoms with van der Waals surface area (Å²) in [7, 11) is 5.21. The maximum atomic E-state index is 12.7. The first-order chi connectivity index (χ1) is 12.3. The van der Waals surface area contributed by atoms with Gasteiger partial charge in [0.15, 0.2) is 0 Å². The van der Waals surface area contributed by atoms with Crippen molar-refractivity contribution in [1.82, 2.24) is 14.5 Å². The average molecular weight is 368 g/mol. The molecule has 0 fully saturated rings. The van der Waals surface area contributed by atoms with Crippen LogP contribution in [0.25, 0.3) is 11.3 Å². The summed E-state index contributed by atoms with van der Waals surface area (Å²) >= 11 is 1.58. The summed E-state index contributed by atoms with van der Waals surface area (Å²) in [5.41, 5.74) is 3.39. The van der Waals surface area contributed by atoms with Crippen molar-refractivity contribution in [2.45, 2.75) is 6.92 Å². The summed E-state index contributed by atoms with van der Waals surface area (Å²) < 4.78 is 1.77. The largest absolute Gasteiger partial charge is 0.346 e. The zero-order valence-electron chi connectivity index (χ0n) is 15.1. The summed E-state index contributed by atoms with van der Waals surface area (Å²) in [5, 5.41) is 5.81. The van der Waals surface area contributed by atoms with Crippen LogP contribution in [0.5, 0.6) is 0 Å². The van der Waals surface area contributed by atoms with Gasteiger partial charge in [0.1, 0.15) is 5.69 Å². The molecule has 0 atom stereocenters. The maximum absolute atomic E-state index is 12.7. The lowest BCUT2D eigenvalue weighted by atomic mass is 10.1. The minimum absolute atomic E-state index is 0.110. The predicted molar refractivity (Wildman–Crippen MR) is 104 cm³/mol. The van der Waals surface area contributed by atoms with Gasteiger partial charge in [-0.05, 0) is 31.2 Å². The van der Waals surface area contributed by atoms with Crippen LogP contribution in [0.1, 0.15) is 25.9 Å². The van der Waals surface area contributed by atoms with Crippen molar-refractivity contribution in [2.24, 2.45) is 7.05 Å². The summed E-state index contributed by atoms with van der Waals surface area (Å²) in [5.74, 6) is -0.346. The molecule has 1 aromatic carbocycles. The Morgan fingerprint density at radius 1 is 1.23 bits per heavy atom. The number of aryl methyl sites for hydroxylation is 2. The molecule has 7 heteroatoms. The van der Waals surface area contributed by atoms with Gasteiger partial charge in [-0.1, -0.05) is 6.07 Å². The number of carbonyl (C=O) groups is 2. The molecule has 3 aromatic rings. The Labute approximate surface area is 156 Å². The number of aromatic nitrogens is 2. The van der Waals surface area contributed by atoms with Crippen LogP contribution in [0.4, 0.5) is 5.69 Å². The van der Waals surface area contributed by atoms with E-state index in [2.05, 4.69) is 10.3 Å². The summed E-state index contributed by atoms with van der Waals surface area (Å²) in [4.78, 5) is 30.7. The minimum Gasteiger partial charge on any atom is -0.346 e. The number of carbonyl (C=O) groups excluding carboxylic acids is 2. The van der Waals surface area contributed by atoms with Crippen LogP contribution in [0, 0.1) is 6.92 Å². The smallest absolute Gasteiger partial charge is 0.272 e. The van der Waals surface area contributed by atoms with E-state index >= 15 is 0 Å². The average Bonchev–Trinajstić information content (AvgIpc) is 3.20. The molecule has 2 aromatic heterocycles. The number of hydrogen-bond donors (Lipinski definition) is 1. The van der Waals surface area contributed by atoms with E-state index in [0.717, 1.165) is 16.3 Å². The van der Waals surface area contributed by atoms with Crippen molar-refractivity contribution >= 4 is 28.8 Å². The van der Waals surface area contributed by atoms with Gasteiger partial charge in [-0.15, -0.1) is 11.3 Å². The molecule has 3 rings (SSSR count). The lowest BCUT2D eigenvalue weighted by Crippen LogP contribution is -2.22. The normalized spacial score (nSPS) is 10.6. The molecular formula is C19H20N4O2S. The molecule has 0 aliphatic carbocycles. The number of nitrogens with one attached hydrogen (secondary N) is 1. The first-order valence-electron chi connectivity index (χ1n) is 8.07. The highest BCUT2D eigenvalue weighted by molar-refractivity contribution is 7.09. The van der Waals surface area contributed by atoms with Crippen LogP contribution in [0.3, 0.4) is 0 Å². The third-order valence-electron chi connectivity index (χ3n) is 3.93. The topological polar surface area (TPSA) is 67.2 Å². The number of anilines is 1. The monoisotopic (exact) mass is 368 g/mol. The van der Waals surface area contributed by atoms with Crippen LogP contribution >= 0.6 is 11.3 Å². The fourth-order valence-electron chi connectivity index (χ4n) is 2.61. The lowest BCUT2D eigenvalue weighted by Gasteiger charge is -2.12. The molecule has 2 amide bonds. The molecule has 0 saturated heterocycles.